The summed E-state index contributed by atoms with van der Waals surface area (Å²) in [5.74, 6) is -0.205. The zero-order valence-electron chi connectivity index (χ0n) is 10.5. The summed E-state index contributed by atoms with van der Waals surface area (Å²) in [5.41, 5.74) is 1.74. The Balaban J connectivity index is 1.95. The number of oxazole rings is 1. The van der Waals surface area contributed by atoms with Gasteiger partial charge in [-0.2, -0.15) is 5.26 Å². The highest BCUT2D eigenvalue weighted by atomic mass is 32.1. The van der Waals surface area contributed by atoms with E-state index in [0.717, 1.165) is 5.52 Å². The lowest BCUT2D eigenvalue weighted by molar-refractivity contribution is 0.0132. The highest BCUT2D eigenvalue weighted by Gasteiger charge is 2.28. The van der Waals surface area contributed by atoms with Gasteiger partial charge in [-0.1, -0.05) is 0 Å². The third kappa shape index (κ3) is 2.19. The molecule has 0 bridgehead atoms. The normalized spacial score (nSPS) is 18.9. The third-order valence-electron chi connectivity index (χ3n) is 3.21. The van der Waals surface area contributed by atoms with E-state index >= 15 is 0 Å². The number of ether oxygens (including phenoxy) is 1. The molecule has 1 aliphatic heterocycles. The van der Waals surface area contributed by atoms with Crippen molar-refractivity contribution in [2.45, 2.75) is 6.04 Å². The van der Waals surface area contributed by atoms with Crippen LogP contribution < -0.4 is 0 Å². The number of carbonyl (C=O) groups is 1. The molecule has 20 heavy (non-hydrogen) atoms. The van der Waals surface area contributed by atoms with Crippen molar-refractivity contribution in [1.82, 2.24) is 9.88 Å². The molecule has 0 radical (unpaired) electrons. The van der Waals surface area contributed by atoms with E-state index in [1.165, 1.54) is 4.90 Å². The molecule has 1 amide bonds. The Kier molecular flexibility index (Phi) is 3.26. The summed E-state index contributed by atoms with van der Waals surface area (Å²) < 4.78 is 10.5. The van der Waals surface area contributed by atoms with Gasteiger partial charge in [-0.05, 0) is 30.4 Å². The molecule has 7 heteroatoms. The van der Waals surface area contributed by atoms with Gasteiger partial charge in [0.1, 0.15) is 6.04 Å². The first-order valence-corrected chi connectivity index (χ1v) is 6.51. The molecule has 2 heterocycles. The van der Waals surface area contributed by atoms with E-state index in [1.807, 2.05) is 0 Å². The predicted molar refractivity (Wildman–Crippen MR) is 72.7 cm³/mol. The van der Waals surface area contributed by atoms with Crippen LogP contribution in [0.5, 0.6) is 0 Å². The largest absolute Gasteiger partial charge is 0.429 e. The molecule has 1 N–H and O–H groups in total. The number of nitriles is 1. The quantitative estimate of drug-likeness (QED) is 0.810. The van der Waals surface area contributed by atoms with E-state index in [0.29, 0.717) is 24.3 Å². The summed E-state index contributed by atoms with van der Waals surface area (Å²) >= 11 is 4.91. The number of nitrogens with one attached hydrogen (secondary N) is 1. The Morgan fingerprint density at radius 1 is 1.55 bits per heavy atom. The van der Waals surface area contributed by atoms with Gasteiger partial charge in [-0.15, -0.1) is 0 Å². The second-order valence-corrected chi connectivity index (χ2v) is 4.81. The van der Waals surface area contributed by atoms with Crippen LogP contribution in [0.1, 0.15) is 10.4 Å². The third-order valence-corrected chi connectivity index (χ3v) is 3.39. The first kappa shape index (κ1) is 12.8. The number of aromatic amines is 1. The van der Waals surface area contributed by atoms with Gasteiger partial charge in [0.25, 0.3) is 10.7 Å². The lowest BCUT2D eigenvalue weighted by atomic mass is 10.1. The van der Waals surface area contributed by atoms with Crippen LogP contribution in [0.3, 0.4) is 0 Å². The molecule has 1 aromatic carbocycles. The molecule has 0 aliphatic carbocycles. The summed E-state index contributed by atoms with van der Waals surface area (Å²) in [6.45, 7) is 1.10. The van der Waals surface area contributed by atoms with Gasteiger partial charge in [-0.3, -0.25) is 4.79 Å². The number of aromatic nitrogens is 1. The van der Waals surface area contributed by atoms with Crippen LogP contribution in [0, 0.1) is 16.2 Å². The van der Waals surface area contributed by atoms with Crippen molar-refractivity contribution >= 4 is 29.2 Å². The van der Waals surface area contributed by atoms with Crippen molar-refractivity contribution in [3.05, 3.63) is 28.6 Å². The SMILES string of the molecule is N#CC1COCCN1C(=O)c1ccc2[nH]c(=S)oc2c1. The zero-order valence-corrected chi connectivity index (χ0v) is 11.3. The minimum Gasteiger partial charge on any atom is -0.429 e. The van der Waals surface area contributed by atoms with Gasteiger partial charge >= 0.3 is 0 Å². The van der Waals surface area contributed by atoms with Crippen molar-refractivity contribution in [2.75, 3.05) is 19.8 Å². The fourth-order valence-electron chi connectivity index (χ4n) is 2.20. The fourth-order valence-corrected chi connectivity index (χ4v) is 2.40. The van der Waals surface area contributed by atoms with Crippen LogP contribution in [-0.2, 0) is 4.74 Å². The molecule has 0 saturated carbocycles. The number of benzene rings is 1. The van der Waals surface area contributed by atoms with Crippen molar-refractivity contribution < 1.29 is 13.9 Å². The van der Waals surface area contributed by atoms with Crippen LogP contribution in [0.4, 0.5) is 0 Å². The topological polar surface area (TPSA) is 82.3 Å². The Hall–Kier alpha value is -2.17. The van der Waals surface area contributed by atoms with Gasteiger partial charge in [0.15, 0.2) is 5.58 Å². The predicted octanol–water partition coefficient (Wildman–Crippen LogP) is 1.85. The highest BCUT2D eigenvalue weighted by molar-refractivity contribution is 7.71. The van der Waals surface area contributed by atoms with Gasteiger partial charge in [0.2, 0.25) is 0 Å². The van der Waals surface area contributed by atoms with E-state index in [9.17, 15) is 4.79 Å². The van der Waals surface area contributed by atoms with Crippen molar-refractivity contribution in [3.8, 4) is 6.07 Å². The standard InChI is InChI=1S/C13H11N3O3S/c14-6-9-7-18-4-3-16(9)12(17)8-1-2-10-11(5-8)19-13(20)15-10/h1-2,5,9H,3-4,7H2,(H,15,20). The number of hydrogen-bond donors (Lipinski definition) is 1. The molecular weight excluding hydrogens is 278 g/mol. The molecule has 1 aromatic heterocycles. The molecule has 102 valence electrons. The van der Waals surface area contributed by atoms with Gasteiger partial charge in [0, 0.05) is 12.1 Å². The maximum Gasteiger partial charge on any atom is 0.266 e. The van der Waals surface area contributed by atoms with Gasteiger partial charge < -0.3 is 19.0 Å². The van der Waals surface area contributed by atoms with Crippen LogP contribution in [0.25, 0.3) is 11.1 Å². The lowest BCUT2D eigenvalue weighted by Crippen LogP contribution is -2.47. The molecule has 1 atom stereocenters. The second kappa shape index (κ2) is 5.07. The van der Waals surface area contributed by atoms with Crippen LogP contribution in [-0.4, -0.2) is 41.6 Å². The van der Waals surface area contributed by atoms with Gasteiger partial charge in [-0.25, -0.2) is 0 Å². The summed E-state index contributed by atoms with van der Waals surface area (Å²) in [5, 5.41) is 9.07. The lowest BCUT2D eigenvalue weighted by Gasteiger charge is -2.31. The molecule has 0 spiro atoms. The molecule has 3 rings (SSSR count). The number of fused-ring (bicyclic) bond motifs is 1. The Bertz CT molecular complexity index is 758. The average molecular weight is 289 g/mol. The Morgan fingerprint density at radius 2 is 2.40 bits per heavy atom. The number of hydrogen-bond acceptors (Lipinski definition) is 5. The zero-order chi connectivity index (χ0) is 14.1. The molecule has 1 unspecified atom stereocenters. The minimum absolute atomic E-state index is 0.205. The Labute approximate surface area is 119 Å². The summed E-state index contributed by atoms with van der Waals surface area (Å²) in [6.07, 6.45) is 0. The number of carbonyl (C=O) groups excluding carboxylic acids is 1. The fraction of sp³-hybridized carbons (Fsp3) is 0.308. The molecule has 1 fully saturated rings. The Morgan fingerprint density at radius 3 is 3.20 bits per heavy atom. The first-order valence-electron chi connectivity index (χ1n) is 6.10. The van der Waals surface area contributed by atoms with Crippen LogP contribution in [0.2, 0.25) is 0 Å². The molecule has 1 aliphatic rings. The maximum atomic E-state index is 12.5. The van der Waals surface area contributed by atoms with E-state index in [2.05, 4.69) is 11.1 Å². The van der Waals surface area contributed by atoms with E-state index in [4.69, 9.17) is 26.6 Å². The highest BCUT2D eigenvalue weighted by Crippen LogP contribution is 2.18. The summed E-state index contributed by atoms with van der Waals surface area (Å²) in [6, 6.07) is 6.59. The monoisotopic (exact) mass is 289 g/mol. The number of morpholine rings is 1. The molecule has 6 nitrogen and oxygen atoms in total. The molecule has 2 aromatic rings. The minimum atomic E-state index is -0.551. The van der Waals surface area contributed by atoms with Crippen LogP contribution in [0.15, 0.2) is 22.6 Å². The van der Waals surface area contributed by atoms with E-state index in [1.54, 1.807) is 18.2 Å². The smallest absolute Gasteiger partial charge is 0.266 e. The average Bonchev–Trinajstić information content (AvgIpc) is 2.85. The number of amides is 1. The first-order chi connectivity index (χ1) is 9.69. The number of rotatable bonds is 1. The van der Waals surface area contributed by atoms with Crippen molar-refractivity contribution in [2.24, 2.45) is 0 Å². The van der Waals surface area contributed by atoms with E-state index < -0.39 is 6.04 Å². The summed E-state index contributed by atoms with van der Waals surface area (Å²) in [4.78, 5) is 17.1. The van der Waals surface area contributed by atoms with Crippen molar-refractivity contribution in [3.63, 3.8) is 0 Å². The van der Waals surface area contributed by atoms with E-state index in [-0.39, 0.29) is 17.4 Å². The molecular formula is C13H11N3O3S. The summed E-state index contributed by atoms with van der Waals surface area (Å²) in [7, 11) is 0. The second-order valence-electron chi connectivity index (χ2n) is 4.44. The molecule has 1 saturated heterocycles. The number of nitrogens with zero attached hydrogens (tertiary/aromatic N) is 2. The number of H-pyrrole nitrogens is 1. The maximum absolute atomic E-state index is 12.5. The van der Waals surface area contributed by atoms with Gasteiger partial charge in [0.05, 0.1) is 24.8 Å². The van der Waals surface area contributed by atoms with Crippen LogP contribution >= 0.6 is 12.2 Å². The van der Waals surface area contributed by atoms with Crippen molar-refractivity contribution in [1.29, 1.82) is 5.26 Å².